The van der Waals surface area contributed by atoms with E-state index in [4.69, 9.17) is 19.3 Å². The summed E-state index contributed by atoms with van der Waals surface area (Å²) in [4.78, 5) is 15.5. The Morgan fingerprint density at radius 3 is 2.79 bits per heavy atom. The van der Waals surface area contributed by atoms with Crippen LogP contribution in [0, 0.1) is 0 Å². The molecule has 2 heterocycles. The smallest absolute Gasteiger partial charge is 0.341 e. The molecule has 2 N–H and O–H groups in total. The molecule has 1 atom stereocenters. The van der Waals surface area contributed by atoms with Gasteiger partial charge in [0.25, 0.3) is 0 Å². The minimum absolute atomic E-state index is 0.340. The third kappa shape index (κ3) is 5.31. The molecule has 2 aromatic carbocycles. The summed E-state index contributed by atoms with van der Waals surface area (Å²) in [7, 11) is 0. The number of fused-ring (bicyclic) bond motifs is 3. The lowest BCUT2D eigenvalue weighted by Gasteiger charge is -2.21. The van der Waals surface area contributed by atoms with E-state index in [2.05, 4.69) is 36.4 Å². The van der Waals surface area contributed by atoms with Crippen molar-refractivity contribution in [1.29, 1.82) is 0 Å². The van der Waals surface area contributed by atoms with Crippen molar-refractivity contribution in [2.75, 3.05) is 24.3 Å². The van der Waals surface area contributed by atoms with Gasteiger partial charge in [-0.2, -0.15) is 4.98 Å². The van der Waals surface area contributed by atoms with Crippen LogP contribution in [0.4, 0.5) is 5.69 Å². The van der Waals surface area contributed by atoms with E-state index in [9.17, 15) is 4.79 Å². The van der Waals surface area contributed by atoms with E-state index in [1.54, 1.807) is 18.2 Å². The first-order valence-corrected chi connectivity index (χ1v) is 12.0. The first-order chi connectivity index (χ1) is 16.0. The molecule has 0 bridgehead atoms. The highest BCUT2D eigenvalue weighted by Crippen LogP contribution is 2.42. The Morgan fingerprint density at radius 2 is 2.03 bits per heavy atom. The number of anilines is 1. The van der Waals surface area contributed by atoms with Crippen LogP contribution < -0.4 is 19.5 Å². The van der Waals surface area contributed by atoms with Gasteiger partial charge in [0, 0.05) is 21.3 Å². The van der Waals surface area contributed by atoms with Crippen molar-refractivity contribution in [2.24, 2.45) is 0 Å². The number of hydrogen-bond acceptors (Lipinski definition) is 9. The lowest BCUT2D eigenvalue weighted by Crippen LogP contribution is -2.17. The zero-order chi connectivity index (χ0) is 23.4. The van der Waals surface area contributed by atoms with Crippen molar-refractivity contribution in [2.45, 2.75) is 25.2 Å². The van der Waals surface area contributed by atoms with E-state index < -0.39 is 18.8 Å². The fourth-order valence-electron chi connectivity index (χ4n) is 3.23. The Labute approximate surface area is 203 Å². The number of carbonyl (C=O) groups is 1. The molecule has 33 heavy (non-hydrogen) atoms. The van der Waals surface area contributed by atoms with Gasteiger partial charge in [-0.25, -0.2) is 4.79 Å². The van der Waals surface area contributed by atoms with Gasteiger partial charge in [0.05, 0.1) is 6.61 Å². The van der Waals surface area contributed by atoms with E-state index >= 15 is 0 Å². The highest BCUT2D eigenvalue weighted by atomic mass is 79.9. The third-order valence-electron chi connectivity index (χ3n) is 4.58. The van der Waals surface area contributed by atoms with Crippen molar-refractivity contribution in [3.05, 3.63) is 46.4 Å². The molecule has 4 rings (SSSR count). The van der Waals surface area contributed by atoms with Gasteiger partial charge in [-0.15, -0.1) is 10.2 Å². The van der Waals surface area contributed by atoms with Crippen LogP contribution >= 0.6 is 27.7 Å². The molecule has 0 amide bonds. The number of carboxylic acid groups (broad SMARTS) is 1. The van der Waals surface area contributed by atoms with Crippen LogP contribution in [0.5, 0.6) is 17.4 Å². The van der Waals surface area contributed by atoms with E-state index in [1.165, 1.54) is 11.8 Å². The minimum Gasteiger partial charge on any atom is -0.490 e. The minimum atomic E-state index is -1.07. The second-order valence-corrected chi connectivity index (χ2v) is 8.98. The summed E-state index contributed by atoms with van der Waals surface area (Å²) >= 11 is 4.99. The number of aromatic nitrogens is 3. The van der Waals surface area contributed by atoms with Crippen molar-refractivity contribution in [3.63, 3.8) is 0 Å². The Kier molecular flexibility index (Phi) is 7.19. The first-order valence-electron chi connectivity index (χ1n) is 10.2. The molecule has 1 aromatic heterocycles. The summed E-state index contributed by atoms with van der Waals surface area (Å²) in [6.45, 7) is 3.78. The number of aliphatic carboxylic acids is 1. The van der Waals surface area contributed by atoms with Crippen LogP contribution in [0.25, 0.3) is 11.3 Å². The molecule has 0 fully saturated rings. The van der Waals surface area contributed by atoms with Crippen LogP contribution in [0.3, 0.4) is 0 Å². The van der Waals surface area contributed by atoms with E-state index in [1.807, 2.05) is 32.0 Å². The number of hydrogen-bond donors (Lipinski definition) is 2. The molecule has 0 unspecified atom stereocenters. The van der Waals surface area contributed by atoms with Crippen molar-refractivity contribution < 1.29 is 24.1 Å². The van der Waals surface area contributed by atoms with Crippen LogP contribution in [0.15, 0.2) is 46.0 Å². The molecular weight excluding hydrogens is 512 g/mol. The monoisotopic (exact) mass is 532 g/mol. The number of halogens is 1. The zero-order valence-electron chi connectivity index (χ0n) is 17.9. The Hall–Kier alpha value is -3.05. The molecule has 1 aliphatic heterocycles. The van der Waals surface area contributed by atoms with E-state index in [-0.39, 0.29) is 0 Å². The van der Waals surface area contributed by atoms with E-state index in [0.29, 0.717) is 34.8 Å². The second-order valence-electron chi connectivity index (χ2n) is 6.83. The largest absolute Gasteiger partial charge is 0.490 e. The third-order valence-corrected chi connectivity index (χ3v) is 5.80. The van der Waals surface area contributed by atoms with Gasteiger partial charge >= 0.3 is 5.97 Å². The predicted octanol–water partition coefficient (Wildman–Crippen LogP) is 4.78. The zero-order valence-corrected chi connectivity index (χ0v) is 20.3. The maximum Gasteiger partial charge on any atom is 0.341 e. The van der Waals surface area contributed by atoms with Gasteiger partial charge in [-0.1, -0.05) is 34.6 Å². The standard InChI is InChI=1S/C22H21BrN4O5S/c1-3-30-17-9-12(5-8-16(17)31-11-18(28)29)20-24-15-7-6-13(23)10-14(15)19-21(32-20)25-22(27-26-19)33-4-2/h5-10,20,24H,3-4,11H2,1-2H3,(H,28,29)/t20-/m0/s1. The first kappa shape index (κ1) is 23.1. The SMILES string of the molecule is CCOc1cc([C@H]2Nc3ccc(Br)cc3-c3nnc(SCC)nc3O2)ccc1OCC(=O)O. The molecule has 11 heteroatoms. The van der Waals surface area contributed by atoms with Crippen molar-refractivity contribution in [1.82, 2.24) is 15.2 Å². The number of nitrogens with zero attached hydrogens (tertiary/aromatic N) is 3. The van der Waals surface area contributed by atoms with Gasteiger partial charge in [0.1, 0.15) is 0 Å². The second kappa shape index (κ2) is 10.3. The highest BCUT2D eigenvalue weighted by Gasteiger charge is 2.27. The molecule has 9 nitrogen and oxygen atoms in total. The molecule has 0 saturated heterocycles. The van der Waals surface area contributed by atoms with Crippen LogP contribution in [0.1, 0.15) is 25.6 Å². The number of thioether (sulfide) groups is 1. The molecule has 0 spiro atoms. The Morgan fingerprint density at radius 1 is 1.18 bits per heavy atom. The quantitative estimate of drug-likeness (QED) is 0.392. The molecule has 3 aromatic rings. The normalized spacial score (nSPS) is 14.2. The lowest BCUT2D eigenvalue weighted by atomic mass is 10.1. The average Bonchev–Trinajstić information content (AvgIpc) is 2.95. The Balaban J connectivity index is 1.75. The van der Waals surface area contributed by atoms with Gasteiger partial charge in [-0.05, 0) is 49.1 Å². The van der Waals surface area contributed by atoms with Gasteiger partial charge in [-0.3, -0.25) is 0 Å². The number of rotatable bonds is 8. The van der Waals surface area contributed by atoms with Crippen molar-refractivity contribution in [3.8, 4) is 28.6 Å². The van der Waals surface area contributed by atoms with Crippen LogP contribution in [-0.2, 0) is 4.79 Å². The Bertz CT molecular complexity index is 1180. The summed E-state index contributed by atoms with van der Waals surface area (Å²) < 4.78 is 18.2. The molecule has 172 valence electrons. The fourth-order valence-corrected chi connectivity index (χ4v) is 4.09. The maximum atomic E-state index is 10.9. The van der Waals surface area contributed by atoms with E-state index in [0.717, 1.165) is 27.0 Å². The summed E-state index contributed by atoms with van der Waals surface area (Å²) in [5, 5.41) is 21.5. The highest BCUT2D eigenvalue weighted by molar-refractivity contribution is 9.10. The topological polar surface area (TPSA) is 116 Å². The molecule has 0 radical (unpaired) electrons. The number of benzene rings is 2. The van der Waals surface area contributed by atoms with Gasteiger partial charge < -0.3 is 24.6 Å². The number of nitrogens with one attached hydrogen (secondary N) is 1. The fraction of sp³-hybridized carbons (Fsp3) is 0.273. The maximum absolute atomic E-state index is 10.9. The summed E-state index contributed by atoms with van der Waals surface area (Å²) in [5.41, 5.74) is 2.89. The molecule has 0 aliphatic carbocycles. The lowest BCUT2D eigenvalue weighted by molar-refractivity contribution is -0.139. The number of ether oxygens (including phenoxy) is 3. The molecular formula is C22H21BrN4O5S. The molecule has 1 aliphatic rings. The van der Waals surface area contributed by atoms with Crippen LogP contribution in [-0.4, -0.2) is 45.2 Å². The van der Waals surface area contributed by atoms with Gasteiger partial charge in [0.15, 0.2) is 30.0 Å². The number of carboxylic acids is 1. The summed E-state index contributed by atoms with van der Waals surface area (Å²) in [5.74, 6) is 0.860. The molecule has 0 saturated carbocycles. The predicted molar refractivity (Wildman–Crippen MR) is 127 cm³/mol. The van der Waals surface area contributed by atoms with Crippen LogP contribution in [0.2, 0.25) is 0 Å². The van der Waals surface area contributed by atoms with Gasteiger partial charge in [0.2, 0.25) is 11.0 Å². The summed E-state index contributed by atoms with van der Waals surface area (Å²) in [6.07, 6.45) is -0.616. The average molecular weight is 533 g/mol. The summed E-state index contributed by atoms with van der Waals surface area (Å²) in [6, 6.07) is 11.0. The van der Waals surface area contributed by atoms with Crippen molar-refractivity contribution >= 4 is 39.3 Å².